The maximum atomic E-state index is 12.9. The molecule has 1 saturated carbocycles. The van der Waals surface area contributed by atoms with Crippen LogP contribution in [0.4, 0.5) is 18.9 Å². The third kappa shape index (κ3) is 7.20. The Balaban J connectivity index is 1.70. The fraction of sp³-hybridized carbons (Fsp3) is 0.435. The maximum Gasteiger partial charge on any atom is 0.405 e. The van der Waals surface area contributed by atoms with E-state index < -0.39 is 28.7 Å². The summed E-state index contributed by atoms with van der Waals surface area (Å²) in [5.41, 5.74) is 1.25. The van der Waals surface area contributed by atoms with Crippen LogP contribution in [-0.4, -0.2) is 45.0 Å². The molecular weight excluding hydrogens is 455 g/mol. The summed E-state index contributed by atoms with van der Waals surface area (Å²) in [6, 6.07) is 12.4. The van der Waals surface area contributed by atoms with Crippen LogP contribution >= 0.6 is 0 Å². The number of hydrogen-bond donors (Lipinski definition) is 2. The van der Waals surface area contributed by atoms with Gasteiger partial charge >= 0.3 is 6.18 Å². The molecule has 1 amide bonds. The highest BCUT2D eigenvalue weighted by atomic mass is 32.2. The van der Waals surface area contributed by atoms with Crippen LogP contribution < -0.4 is 10.0 Å². The van der Waals surface area contributed by atoms with Crippen molar-refractivity contribution in [3.8, 4) is 0 Å². The molecule has 3 rings (SSSR count). The van der Waals surface area contributed by atoms with E-state index in [1.54, 1.807) is 17.4 Å². The second-order valence-corrected chi connectivity index (χ2v) is 9.97. The number of para-hydroxylation sites is 1. The van der Waals surface area contributed by atoms with E-state index in [1.807, 2.05) is 19.2 Å². The number of amides is 1. The molecule has 0 spiro atoms. The molecule has 1 fully saturated rings. The zero-order valence-electron chi connectivity index (χ0n) is 18.4. The number of carbonyl (C=O) groups is 1. The van der Waals surface area contributed by atoms with E-state index in [9.17, 15) is 26.4 Å². The predicted molar refractivity (Wildman–Crippen MR) is 120 cm³/mol. The lowest BCUT2D eigenvalue weighted by Gasteiger charge is -2.31. The molecule has 0 atom stereocenters. The van der Waals surface area contributed by atoms with Gasteiger partial charge in [0.25, 0.3) is 15.9 Å². The zero-order valence-corrected chi connectivity index (χ0v) is 19.2. The van der Waals surface area contributed by atoms with Gasteiger partial charge in [-0.15, -0.1) is 0 Å². The number of halogens is 3. The van der Waals surface area contributed by atoms with Crippen LogP contribution in [0, 0.1) is 0 Å². The second-order valence-electron chi connectivity index (χ2n) is 8.29. The maximum absolute atomic E-state index is 12.9. The van der Waals surface area contributed by atoms with E-state index in [1.165, 1.54) is 43.5 Å². The molecule has 0 heterocycles. The van der Waals surface area contributed by atoms with Crippen LogP contribution in [-0.2, 0) is 16.6 Å². The molecule has 2 aromatic carbocycles. The lowest BCUT2D eigenvalue weighted by atomic mass is 9.94. The third-order valence-corrected chi connectivity index (χ3v) is 7.14. The third-order valence-electron chi connectivity index (χ3n) is 5.76. The van der Waals surface area contributed by atoms with E-state index in [0.29, 0.717) is 18.3 Å². The Labute approximate surface area is 192 Å². The van der Waals surface area contributed by atoms with Gasteiger partial charge in [0, 0.05) is 18.2 Å². The van der Waals surface area contributed by atoms with Gasteiger partial charge in [-0.2, -0.15) is 13.2 Å². The zero-order chi connectivity index (χ0) is 24.1. The standard InChI is InChI=1S/C23H28F3N3O3S/c1-29(19-8-3-2-4-9-19)15-18-7-5-6-10-21(18)28-33(31,32)20-13-11-17(12-14-20)22(30)27-16-23(24,25)26/h5-7,10-14,19,28H,2-4,8-9,15-16H2,1H3,(H,27,30). The van der Waals surface area contributed by atoms with Crippen molar-refractivity contribution in [3.05, 3.63) is 59.7 Å². The number of benzene rings is 2. The number of nitrogens with zero attached hydrogens (tertiary/aromatic N) is 1. The first kappa shape index (κ1) is 25.0. The first-order valence-corrected chi connectivity index (χ1v) is 12.3. The number of anilines is 1. The van der Waals surface area contributed by atoms with Gasteiger partial charge in [-0.3, -0.25) is 14.4 Å². The minimum atomic E-state index is -4.53. The number of alkyl halides is 3. The van der Waals surface area contributed by atoms with Gasteiger partial charge in [-0.1, -0.05) is 37.5 Å². The van der Waals surface area contributed by atoms with Crippen molar-refractivity contribution in [3.63, 3.8) is 0 Å². The van der Waals surface area contributed by atoms with Gasteiger partial charge < -0.3 is 5.32 Å². The number of carbonyl (C=O) groups excluding carboxylic acids is 1. The minimum absolute atomic E-state index is 0.0623. The van der Waals surface area contributed by atoms with Gasteiger partial charge in [-0.25, -0.2) is 8.42 Å². The molecule has 0 aromatic heterocycles. The smallest absolute Gasteiger partial charge is 0.343 e. The molecule has 6 nitrogen and oxygen atoms in total. The van der Waals surface area contributed by atoms with Crippen molar-refractivity contribution in [1.29, 1.82) is 0 Å². The minimum Gasteiger partial charge on any atom is -0.343 e. The van der Waals surface area contributed by atoms with Gasteiger partial charge in [0.15, 0.2) is 0 Å². The summed E-state index contributed by atoms with van der Waals surface area (Å²) in [7, 11) is -1.91. The molecule has 0 aliphatic heterocycles. The van der Waals surface area contributed by atoms with Crippen LogP contribution in [0.2, 0.25) is 0 Å². The van der Waals surface area contributed by atoms with E-state index >= 15 is 0 Å². The summed E-state index contributed by atoms with van der Waals surface area (Å²) in [5, 5.41) is 1.76. The molecule has 1 aliphatic rings. The summed E-state index contributed by atoms with van der Waals surface area (Å²) in [5.74, 6) is -0.930. The van der Waals surface area contributed by atoms with E-state index in [-0.39, 0.29) is 10.5 Å². The Morgan fingerprint density at radius 3 is 2.30 bits per heavy atom. The lowest BCUT2D eigenvalue weighted by molar-refractivity contribution is -0.123. The summed E-state index contributed by atoms with van der Waals surface area (Å²) < 4.78 is 65.2. The highest BCUT2D eigenvalue weighted by molar-refractivity contribution is 7.92. The van der Waals surface area contributed by atoms with Crippen molar-refractivity contribution in [2.75, 3.05) is 18.3 Å². The molecule has 0 saturated heterocycles. The van der Waals surface area contributed by atoms with E-state index in [0.717, 1.165) is 18.4 Å². The predicted octanol–water partition coefficient (Wildman–Crippen LogP) is 4.54. The molecule has 33 heavy (non-hydrogen) atoms. The molecule has 180 valence electrons. The largest absolute Gasteiger partial charge is 0.405 e. The Kier molecular flexibility index (Phi) is 8.01. The molecule has 2 N–H and O–H groups in total. The second kappa shape index (κ2) is 10.6. The fourth-order valence-electron chi connectivity index (χ4n) is 3.95. The Morgan fingerprint density at radius 2 is 1.67 bits per heavy atom. The molecule has 2 aromatic rings. The van der Waals surface area contributed by atoms with Crippen molar-refractivity contribution >= 4 is 21.6 Å². The monoisotopic (exact) mass is 483 g/mol. The Bertz CT molecular complexity index is 1050. The summed E-state index contributed by atoms with van der Waals surface area (Å²) >= 11 is 0. The summed E-state index contributed by atoms with van der Waals surface area (Å²) in [6.07, 6.45) is 1.40. The first-order chi connectivity index (χ1) is 15.5. The van der Waals surface area contributed by atoms with Gasteiger partial charge in [0.2, 0.25) is 0 Å². The molecule has 1 aliphatic carbocycles. The molecule has 0 unspecified atom stereocenters. The molecular formula is C23H28F3N3O3S. The van der Waals surface area contributed by atoms with Gasteiger partial charge in [0.1, 0.15) is 6.54 Å². The SMILES string of the molecule is CN(Cc1ccccc1NS(=O)(=O)c1ccc(C(=O)NCC(F)(F)F)cc1)C1CCCCC1. The highest BCUT2D eigenvalue weighted by Gasteiger charge is 2.28. The summed E-state index contributed by atoms with van der Waals surface area (Å²) in [6.45, 7) is -0.860. The topological polar surface area (TPSA) is 78.5 Å². The number of sulfonamides is 1. The Hall–Kier alpha value is -2.59. The van der Waals surface area contributed by atoms with Crippen molar-refractivity contribution in [1.82, 2.24) is 10.2 Å². The van der Waals surface area contributed by atoms with Gasteiger partial charge in [0.05, 0.1) is 10.6 Å². The Morgan fingerprint density at radius 1 is 1.03 bits per heavy atom. The van der Waals surface area contributed by atoms with Crippen LogP contribution in [0.15, 0.2) is 53.4 Å². The van der Waals surface area contributed by atoms with Gasteiger partial charge in [-0.05, 0) is 55.8 Å². The highest BCUT2D eigenvalue weighted by Crippen LogP contribution is 2.26. The van der Waals surface area contributed by atoms with E-state index in [4.69, 9.17) is 0 Å². The van der Waals surface area contributed by atoms with Crippen LogP contribution in [0.1, 0.15) is 48.0 Å². The van der Waals surface area contributed by atoms with Crippen molar-refractivity contribution < 1.29 is 26.4 Å². The fourth-order valence-corrected chi connectivity index (χ4v) is 5.05. The van der Waals surface area contributed by atoms with E-state index in [2.05, 4.69) is 9.62 Å². The lowest BCUT2D eigenvalue weighted by Crippen LogP contribution is -2.33. The number of rotatable bonds is 8. The normalized spacial score (nSPS) is 15.4. The average Bonchev–Trinajstić information content (AvgIpc) is 2.79. The van der Waals surface area contributed by atoms with Crippen LogP contribution in [0.3, 0.4) is 0 Å². The first-order valence-electron chi connectivity index (χ1n) is 10.8. The average molecular weight is 484 g/mol. The molecule has 0 radical (unpaired) electrons. The van der Waals surface area contributed by atoms with Crippen LogP contribution in [0.5, 0.6) is 0 Å². The molecule has 0 bridgehead atoms. The van der Waals surface area contributed by atoms with Crippen LogP contribution in [0.25, 0.3) is 0 Å². The quantitative estimate of drug-likeness (QED) is 0.578. The number of nitrogens with one attached hydrogen (secondary N) is 2. The number of hydrogen-bond acceptors (Lipinski definition) is 4. The molecule has 10 heteroatoms. The van der Waals surface area contributed by atoms with Crippen molar-refractivity contribution in [2.45, 2.75) is 55.8 Å². The van der Waals surface area contributed by atoms with Crippen molar-refractivity contribution in [2.24, 2.45) is 0 Å². The summed E-state index contributed by atoms with van der Waals surface area (Å²) in [4.78, 5) is 14.0.